The highest BCUT2D eigenvalue weighted by atomic mass is 16.5. The monoisotopic (exact) mass is 521 g/mol. The van der Waals surface area contributed by atoms with Gasteiger partial charge in [0.2, 0.25) is 0 Å². The van der Waals surface area contributed by atoms with Crippen molar-refractivity contribution in [3.63, 3.8) is 0 Å². The number of benzene rings is 4. The predicted octanol–water partition coefficient (Wildman–Crippen LogP) is 7.62. The van der Waals surface area contributed by atoms with Crippen LogP contribution in [0, 0.1) is 0 Å². The van der Waals surface area contributed by atoms with Gasteiger partial charge in [-0.2, -0.15) is 0 Å². The molecule has 0 heterocycles. The summed E-state index contributed by atoms with van der Waals surface area (Å²) in [6, 6.07) is 28.7. The quantitative estimate of drug-likeness (QED) is 0.261. The average molecular weight is 522 g/mol. The normalized spacial score (nSPS) is 12.4. The van der Waals surface area contributed by atoms with E-state index in [1.807, 2.05) is 36.4 Å². The molecule has 4 aromatic rings. The summed E-state index contributed by atoms with van der Waals surface area (Å²) in [5.41, 5.74) is 7.12. The van der Waals surface area contributed by atoms with Crippen molar-refractivity contribution in [2.75, 3.05) is 11.9 Å². The molecular formula is C33H31NO5. The summed E-state index contributed by atoms with van der Waals surface area (Å²) >= 11 is 0. The van der Waals surface area contributed by atoms with Crippen LogP contribution in [0.3, 0.4) is 0 Å². The van der Waals surface area contributed by atoms with Gasteiger partial charge in [0.15, 0.2) is 0 Å². The second-order valence-corrected chi connectivity index (χ2v) is 10.7. The van der Waals surface area contributed by atoms with Gasteiger partial charge in [0.1, 0.15) is 19.0 Å². The van der Waals surface area contributed by atoms with E-state index in [9.17, 15) is 14.7 Å². The first-order valence-electron chi connectivity index (χ1n) is 12.9. The highest BCUT2D eigenvalue weighted by molar-refractivity contribution is 5.92. The smallest absolute Gasteiger partial charge is 0.411 e. The lowest BCUT2D eigenvalue weighted by Gasteiger charge is -2.19. The number of fused-ring (bicyclic) bond motifs is 3. The number of hydrogen-bond acceptors (Lipinski definition) is 4. The number of aromatic carboxylic acids is 1. The van der Waals surface area contributed by atoms with Gasteiger partial charge < -0.3 is 14.6 Å². The molecule has 0 atom stereocenters. The molecule has 1 aliphatic rings. The SMILES string of the molecule is CC(C)(C)c1ccc(COc2cc(C(=O)O)ccc2NC(=O)OCC2c3ccccc3-c3ccccc32)cc1. The van der Waals surface area contributed by atoms with Crippen LogP contribution >= 0.6 is 0 Å². The predicted molar refractivity (Wildman–Crippen MR) is 152 cm³/mol. The Bertz CT molecular complexity index is 1470. The summed E-state index contributed by atoms with van der Waals surface area (Å²) in [7, 11) is 0. The zero-order valence-corrected chi connectivity index (χ0v) is 22.2. The van der Waals surface area contributed by atoms with Crippen LogP contribution in [-0.2, 0) is 16.8 Å². The number of carboxylic acid groups (broad SMARTS) is 1. The van der Waals surface area contributed by atoms with Crippen molar-refractivity contribution >= 4 is 17.7 Å². The molecule has 6 nitrogen and oxygen atoms in total. The molecular weight excluding hydrogens is 490 g/mol. The Balaban J connectivity index is 1.29. The first-order valence-corrected chi connectivity index (χ1v) is 12.9. The molecule has 5 rings (SSSR count). The van der Waals surface area contributed by atoms with E-state index in [1.165, 1.54) is 23.8 Å². The number of anilines is 1. The lowest BCUT2D eigenvalue weighted by molar-refractivity contribution is 0.0696. The van der Waals surface area contributed by atoms with Gasteiger partial charge in [0.05, 0.1) is 11.3 Å². The minimum Gasteiger partial charge on any atom is -0.487 e. The Morgan fingerprint density at radius 2 is 1.46 bits per heavy atom. The largest absolute Gasteiger partial charge is 0.487 e. The fourth-order valence-corrected chi connectivity index (χ4v) is 4.88. The molecule has 0 saturated heterocycles. The van der Waals surface area contributed by atoms with Gasteiger partial charge in [-0.05, 0) is 57.0 Å². The van der Waals surface area contributed by atoms with Crippen molar-refractivity contribution in [2.45, 2.75) is 38.7 Å². The summed E-state index contributed by atoms with van der Waals surface area (Å²) in [5, 5.41) is 12.2. The number of amides is 1. The summed E-state index contributed by atoms with van der Waals surface area (Å²) in [6.07, 6.45) is -0.640. The third-order valence-electron chi connectivity index (χ3n) is 7.02. The Morgan fingerprint density at radius 1 is 0.846 bits per heavy atom. The number of carboxylic acids is 1. The number of carbonyl (C=O) groups excluding carboxylic acids is 1. The van der Waals surface area contributed by atoms with Crippen LogP contribution in [0.5, 0.6) is 5.75 Å². The molecule has 0 aliphatic heterocycles. The van der Waals surface area contributed by atoms with Gasteiger partial charge in [0, 0.05) is 5.92 Å². The molecule has 6 heteroatoms. The number of nitrogens with one attached hydrogen (secondary N) is 1. The average Bonchev–Trinajstić information content (AvgIpc) is 3.24. The molecule has 198 valence electrons. The van der Waals surface area contributed by atoms with Gasteiger partial charge in [-0.3, -0.25) is 5.32 Å². The minimum absolute atomic E-state index is 0.0370. The maximum absolute atomic E-state index is 12.9. The van der Waals surface area contributed by atoms with Crippen molar-refractivity contribution in [3.05, 3.63) is 119 Å². The lowest BCUT2D eigenvalue weighted by Crippen LogP contribution is -2.18. The topological polar surface area (TPSA) is 84.9 Å². The fourth-order valence-electron chi connectivity index (χ4n) is 4.88. The molecule has 0 aromatic heterocycles. The maximum atomic E-state index is 12.9. The van der Waals surface area contributed by atoms with E-state index in [1.54, 1.807) is 0 Å². The molecule has 1 aliphatic carbocycles. The highest BCUT2D eigenvalue weighted by Crippen LogP contribution is 2.44. The fraction of sp³-hybridized carbons (Fsp3) is 0.212. The van der Waals surface area contributed by atoms with Crippen molar-refractivity contribution in [1.82, 2.24) is 0 Å². The zero-order chi connectivity index (χ0) is 27.6. The van der Waals surface area contributed by atoms with Crippen molar-refractivity contribution in [1.29, 1.82) is 0 Å². The van der Waals surface area contributed by atoms with Gasteiger partial charge in [-0.25, -0.2) is 9.59 Å². The first-order chi connectivity index (χ1) is 18.7. The summed E-state index contributed by atoms with van der Waals surface area (Å²) < 4.78 is 11.6. The van der Waals surface area contributed by atoms with Crippen LogP contribution in [0.1, 0.15) is 59.3 Å². The van der Waals surface area contributed by atoms with E-state index in [-0.39, 0.29) is 35.9 Å². The Morgan fingerprint density at radius 3 is 2.05 bits per heavy atom. The molecule has 0 spiro atoms. The second kappa shape index (κ2) is 10.7. The van der Waals surface area contributed by atoms with Crippen LogP contribution in [0.4, 0.5) is 10.5 Å². The standard InChI is InChI=1S/C33H31NO5/c1-33(2,3)23-15-12-21(13-16-23)19-38-30-18-22(31(35)36)14-17-29(30)34-32(37)39-20-28-26-10-6-4-8-24(26)25-9-5-7-11-27(25)28/h4-18,28H,19-20H2,1-3H3,(H,34,37)(H,35,36). The Hall–Kier alpha value is -4.58. The van der Waals surface area contributed by atoms with Gasteiger partial charge in [0.25, 0.3) is 0 Å². The van der Waals surface area contributed by atoms with Crippen molar-refractivity contribution in [3.8, 4) is 16.9 Å². The second-order valence-electron chi connectivity index (χ2n) is 10.7. The van der Waals surface area contributed by atoms with E-state index in [4.69, 9.17) is 9.47 Å². The van der Waals surface area contributed by atoms with E-state index >= 15 is 0 Å². The molecule has 4 aromatic carbocycles. The molecule has 0 saturated carbocycles. The number of rotatable bonds is 7. The van der Waals surface area contributed by atoms with Gasteiger partial charge in [-0.1, -0.05) is 93.6 Å². The maximum Gasteiger partial charge on any atom is 0.411 e. The van der Waals surface area contributed by atoms with Crippen molar-refractivity contribution in [2.24, 2.45) is 0 Å². The third-order valence-corrected chi connectivity index (χ3v) is 7.02. The molecule has 2 N–H and O–H groups in total. The van der Waals surface area contributed by atoms with Crippen LogP contribution in [0.2, 0.25) is 0 Å². The van der Waals surface area contributed by atoms with E-state index in [2.05, 4.69) is 62.5 Å². The molecule has 0 bridgehead atoms. The lowest BCUT2D eigenvalue weighted by atomic mass is 9.87. The van der Waals surface area contributed by atoms with E-state index in [0.29, 0.717) is 5.69 Å². The van der Waals surface area contributed by atoms with Crippen molar-refractivity contribution < 1.29 is 24.2 Å². The molecule has 39 heavy (non-hydrogen) atoms. The molecule has 0 unspecified atom stereocenters. The summed E-state index contributed by atoms with van der Waals surface area (Å²) in [6.45, 7) is 6.84. The number of hydrogen-bond donors (Lipinski definition) is 2. The van der Waals surface area contributed by atoms with Crippen LogP contribution in [0.15, 0.2) is 91.0 Å². The minimum atomic E-state index is -1.08. The Kier molecular flexibility index (Phi) is 7.11. The highest BCUT2D eigenvalue weighted by Gasteiger charge is 2.29. The van der Waals surface area contributed by atoms with Crippen LogP contribution in [0.25, 0.3) is 11.1 Å². The Labute approximate surface area is 228 Å². The zero-order valence-electron chi connectivity index (χ0n) is 22.2. The van der Waals surface area contributed by atoms with Crippen LogP contribution in [-0.4, -0.2) is 23.8 Å². The van der Waals surface area contributed by atoms with Gasteiger partial charge in [-0.15, -0.1) is 0 Å². The molecule has 1 amide bonds. The summed E-state index contributed by atoms with van der Waals surface area (Å²) in [4.78, 5) is 24.4. The summed E-state index contributed by atoms with van der Waals surface area (Å²) in [5.74, 6) is -0.894. The van der Waals surface area contributed by atoms with E-state index < -0.39 is 12.1 Å². The number of carbonyl (C=O) groups is 2. The molecule has 0 fully saturated rings. The van der Waals surface area contributed by atoms with Gasteiger partial charge >= 0.3 is 12.1 Å². The van der Waals surface area contributed by atoms with E-state index in [0.717, 1.165) is 27.8 Å². The first kappa shape index (κ1) is 26.0. The third kappa shape index (κ3) is 5.65. The molecule has 0 radical (unpaired) electrons. The number of ether oxygens (including phenoxy) is 2. The van der Waals surface area contributed by atoms with Crippen LogP contribution < -0.4 is 10.1 Å².